The lowest BCUT2D eigenvalue weighted by atomic mass is 9.80. The summed E-state index contributed by atoms with van der Waals surface area (Å²) >= 11 is 0. The summed E-state index contributed by atoms with van der Waals surface area (Å²) in [6, 6.07) is 42.9. The maximum atomic E-state index is 2.49. The van der Waals surface area contributed by atoms with E-state index < -0.39 is 0 Å². The van der Waals surface area contributed by atoms with Crippen LogP contribution in [-0.4, -0.2) is 0 Å². The van der Waals surface area contributed by atoms with Crippen LogP contribution in [-0.2, 0) is 5.41 Å². The molecule has 0 aromatic heterocycles. The highest BCUT2D eigenvalue weighted by Crippen LogP contribution is 2.51. The van der Waals surface area contributed by atoms with Gasteiger partial charge in [0.1, 0.15) is 0 Å². The quantitative estimate of drug-likeness (QED) is 0.233. The van der Waals surface area contributed by atoms with Gasteiger partial charge in [0.15, 0.2) is 0 Å². The minimum absolute atomic E-state index is 0.0414. The highest BCUT2D eigenvalue weighted by molar-refractivity contribution is 6.11. The van der Waals surface area contributed by atoms with Crippen LogP contribution in [0.5, 0.6) is 0 Å². The van der Waals surface area contributed by atoms with Crippen molar-refractivity contribution in [3.63, 3.8) is 0 Å². The molecule has 1 aliphatic carbocycles. The lowest BCUT2D eigenvalue weighted by Crippen LogP contribution is -2.14. The summed E-state index contributed by atoms with van der Waals surface area (Å²) in [6.07, 6.45) is 4.24. The molecule has 0 amide bonds. The molecular weight excluding hydrogens is 456 g/mol. The molecule has 0 fully saturated rings. The van der Waals surface area contributed by atoms with Gasteiger partial charge in [-0.1, -0.05) is 129 Å². The molecule has 0 saturated heterocycles. The predicted molar refractivity (Wildman–Crippen MR) is 165 cm³/mol. The molecule has 0 saturated carbocycles. The van der Waals surface area contributed by atoms with Crippen molar-refractivity contribution in [3.8, 4) is 33.4 Å². The molecule has 38 heavy (non-hydrogen) atoms. The van der Waals surface area contributed by atoms with E-state index >= 15 is 0 Å². The Kier molecular flexibility index (Phi) is 5.13. The van der Waals surface area contributed by atoms with Crippen LogP contribution in [0.3, 0.4) is 0 Å². The van der Waals surface area contributed by atoms with E-state index in [2.05, 4.69) is 148 Å². The highest BCUT2D eigenvalue weighted by Gasteiger charge is 2.35. The Morgan fingerprint density at radius 3 is 2.00 bits per heavy atom. The van der Waals surface area contributed by atoms with Gasteiger partial charge in [-0.05, 0) is 90.7 Å². The van der Waals surface area contributed by atoms with Gasteiger partial charge in [0.2, 0.25) is 0 Å². The third kappa shape index (κ3) is 3.37. The second kappa shape index (κ2) is 8.57. The van der Waals surface area contributed by atoms with E-state index in [1.807, 2.05) is 0 Å². The van der Waals surface area contributed by atoms with E-state index in [1.165, 1.54) is 71.6 Å². The second-order valence-electron chi connectivity index (χ2n) is 10.9. The SMILES string of the molecule is C/C=C/c1ccc(-c2ccc(-c3cccc4ccccc34)c3cc4c(cc23)-c2ccccc2C4(C)C)cc1. The van der Waals surface area contributed by atoms with Gasteiger partial charge in [-0.25, -0.2) is 0 Å². The first-order chi connectivity index (χ1) is 18.6. The Morgan fingerprint density at radius 2 is 1.16 bits per heavy atom. The fourth-order valence-electron chi connectivity index (χ4n) is 6.45. The summed E-state index contributed by atoms with van der Waals surface area (Å²) < 4.78 is 0. The van der Waals surface area contributed by atoms with Gasteiger partial charge in [-0.15, -0.1) is 0 Å². The molecule has 0 nitrogen and oxygen atoms in total. The van der Waals surface area contributed by atoms with Crippen molar-refractivity contribution in [2.45, 2.75) is 26.2 Å². The van der Waals surface area contributed by atoms with Crippen LogP contribution in [0.25, 0.3) is 61.0 Å². The van der Waals surface area contributed by atoms with E-state index in [0.29, 0.717) is 0 Å². The summed E-state index contributed by atoms with van der Waals surface area (Å²) in [6.45, 7) is 6.79. The molecular formula is C38H30. The summed E-state index contributed by atoms with van der Waals surface area (Å²) in [4.78, 5) is 0. The van der Waals surface area contributed by atoms with Gasteiger partial charge in [-0.3, -0.25) is 0 Å². The predicted octanol–water partition coefficient (Wildman–Crippen LogP) is 10.7. The molecule has 0 atom stereocenters. The number of allylic oxidation sites excluding steroid dienone is 1. The molecule has 6 aromatic carbocycles. The molecule has 0 N–H and O–H groups in total. The van der Waals surface area contributed by atoms with Crippen molar-refractivity contribution >= 4 is 27.6 Å². The van der Waals surface area contributed by atoms with E-state index in [4.69, 9.17) is 0 Å². The molecule has 182 valence electrons. The van der Waals surface area contributed by atoms with Crippen molar-refractivity contribution in [2.24, 2.45) is 0 Å². The highest BCUT2D eigenvalue weighted by atomic mass is 14.4. The number of fused-ring (bicyclic) bond motifs is 5. The summed E-state index contributed by atoms with van der Waals surface area (Å²) in [5.41, 5.74) is 11.8. The van der Waals surface area contributed by atoms with Gasteiger partial charge in [0.25, 0.3) is 0 Å². The zero-order valence-electron chi connectivity index (χ0n) is 22.1. The molecule has 0 bridgehead atoms. The Bertz CT molecular complexity index is 1880. The Morgan fingerprint density at radius 1 is 0.500 bits per heavy atom. The molecule has 0 spiro atoms. The molecule has 0 radical (unpaired) electrons. The normalized spacial score (nSPS) is 13.8. The van der Waals surface area contributed by atoms with Crippen molar-refractivity contribution in [3.05, 3.63) is 138 Å². The van der Waals surface area contributed by atoms with Gasteiger partial charge in [0.05, 0.1) is 0 Å². The fourth-order valence-corrected chi connectivity index (χ4v) is 6.45. The van der Waals surface area contributed by atoms with E-state index in [1.54, 1.807) is 0 Å². The van der Waals surface area contributed by atoms with Crippen molar-refractivity contribution in [1.29, 1.82) is 0 Å². The minimum atomic E-state index is -0.0414. The number of hydrogen-bond donors (Lipinski definition) is 0. The monoisotopic (exact) mass is 486 g/mol. The maximum absolute atomic E-state index is 2.49. The molecule has 7 rings (SSSR count). The van der Waals surface area contributed by atoms with Crippen LogP contribution in [0.15, 0.2) is 121 Å². The second-order valence-corrected chi connectivity index (χ2v) is 10.9. The van der Waals surface area contributed by atoms with Crippen LogP contribution in [0, 0.1) is 0 Å². The summed E-state index contributed by atoms with van der Waals surface area (Å²) in [7, 11) is 0. The topological polar surface area (TPSA) is 0 Å². The number of benzene rings is 6. The molecule has 0 heteroatoms. The summed E-state index contributed by atoms with van der Waals surface area (Å²) in [5, 5.41) is 5.19. The largest absolute Gasteiger partial charge is 0.0871 e. The number of rotatable bonds is 3. The maximum Gasteiger partial charge on any atom is 0.0159 e. The van der Waals surface area contributed by atoms with Crippen LogP contribution in [0.2, 0.25) is 0 Å². The molecule has 1 aliphatic rings. The minimum Gasteiger partial charge on any atom is -0.0871 e. The van der Waals surface area contributed by atoms with Gasteiger partial charge in [0, 0.05) is 5.41 Å². The van der Waals surface area contributed by atoms with E-state index in [9.17, 15) is 0 Å². The van der Waals surface area contributed by atoms with Crippen LogP contribution in [0.4, 0.5) is 0 Å². The van der Waals surface area contributed by atoms with Crippen LogP contribution >= 0.6 is 0 Å². The average molecular weight is 487 g/mol. The Hall–Kier alpha value is -4.42. The lowest BCUT2D eigenvalue weighted by molar-refractivity contribution is 0.661. The zero-order chi connectivity index (χ0) is 25.9. The van der Waals surface area contributed by atoms with Crippen molar-refractivity contribution in [2.75, 3.05) is 0 Å². The van der Waals surface area contributed by atoms with Crippen molar-refractivity contribution in [1.82, 2.24) is 0 Å². The van der Waals surface area contributed by atoms with Crippen LogP contribution in [0.1, 0.15) is 37.5 Å². The molecule has 0 aliphatic heterocycles. The van der Waals surface area contributed by atoms with Crippen molar-refractivity contribution < 1.29 is 0 Å². The van der Waals surface area contributed by atoms with Crippen LogP contribution < -0.4 is 0 Å². The Balaban J connectivity index is 1.56. The van der Waals surface area contributed by atoms with Gasteiger partial charge in [-0.2, -0.15) is 0 Å². The third-order valence-corrected chi connectivity index (χ3v) is 8.38. The third-order valence-electron chi connectivity index (χ3n) is 8.38. The standard InChI is InChI=1S/C38H30/c1-4-10-25-17-19-27(20-18-25)29-21-22-31(30-15-9-12-26-11-5-6-13-28(26)30)34-24-37-35(23-33(29)34)32-14-7-8-16-36(32)38(37,2)3/h4-24H,1-3H3/b10-4+. The number of hydrogen-bond acceptors (Lipinski definition) is 0. The fraction of sp³-hybridized carbons (Fsp3) is 0.105. The smallest absolute Gasteiger partial charge is 0.0159 e. The first kappa shape index (κ1) is 22.8. The van der Waals surface area contributed by atoms with E-state index in [0.717, 1.165) is 0 Å². The van der Waals surface area contributed by atoms with Gasteiger partial charge < -0.3 is 0 Å². The molecule has 0 heterocycles. The first-order valence-corrected chi connectivity index (χ1v) is 13.5. The average Bonchev–Trinajstić information content (AvgIpc) is 3.18. The zero-order valence-corrected chi connectivity index (χ0v) is 22.1. The molecule has 6 aromatic rings. The van der Waals surface area contributed by atoms with E-state index in [-0.39, 0.29) is 5.41 Å². The Labute approximate surface area is 224 Å². The molecule has 0 unspecified atom stereocenters. The summed E-state index contributed by atoms with van der Waals surface area (Å²) in [5.74, 6) is 0. The lowest BCUT2D eigenvalue weighted by Gasteiger charge is -2.23. The first-order valence-electron chi connectivity index (χ1n) is 13.5. The van der Waals surface area contributed by atoms with Gasteiger partial charge >= 0.3 is 0 Å².